The van der Waals surface area contributed by atoms with E-state index < -0.39 is 5.41 Å². The molecule has 96 valence electrons. The molecule has 0 radical (unpaired) electrons. The molecular formula is C11H23ClN2O2. The zero-order valence-corrected chi connectivity index (χ0v) is 10.9. The summed E-state index contributed by atoms with van der Waals surface area (Å²) in [6.45, 7) is 6.07. The predicted molar refractivity (Wildman–Crippen MR) is 66.6 cm³/mol. The number of halogens is 1. The van der Waals surface area contributed by atoms with Gasteiger partial charge in [0.15, 0.2) is 0 Å². The molecule has 3 N–H and O–H groups in total. The van der Waals surface area contributed by atoms with Crippen molar-refractivity contribution >= 4 is 18.3 Å². The molecule has 0 aromatic carbocycles. The number of hydrogen-bond donors (Lipinski definition) is 2. The molecule has 4 nitrogen and oxygen atoms in total. The van der Waals surface area contributed by atoms with Gasteiger partial charge in [-0.3, -0.25) is 4.79 Å². The molecule has 0 aromatic heterocycles. The van der Waals surface area contributed by atoms with Crippen molar-refractivity contribution in [2.75, 3.05) is 26.3 Å². The molecule has 1 aliphatic carbocycles. The minimum atomic E-state index is -0.476. The fourth-order valence-electron chi connectivity index (χ4n) is 1.10. The first-order chi connectivity index (χ1) is 7.06. The van der Waals surface area contributed by atoms with Crippen LogP contribution in [-0.2, 0) is 9.53 Å². The number of nitrogens with two attached hydrogens (primary N) is 1. The number of nitrogens with one attached hydrogen (secondary N) is 1. The number of carbonyl (C=O) groups is 1. The van der Waals surface area contributed by atoms with Crippen molar-refractivity contribution in [3.8, 4) is 0 Å². The van der Waals surface area contributed by atoms with Gasteiger partial charge in [0, 0.05) is 19.7 Å². The van der Waals surface area contributed by atoms with Crippen molar-refractivity contribution in [1.82, 2.24) is 5.32 Å². The number of hydrogen-bond acceptors (Lipinski definition) is 3. The second-order valence-corrected chi connectivity index (χ2v) is 4.86. The highest BCUT2D eigenvalue weighted by Gasteiger charge is 2.25. The zero-order valence-electron chi connectivity index (χ0n) is 10.1. The Morgan fingerprint density at radius 1 is 1.50 bits per heavy atom. The lowest BCUT2D eigenvalue weighted by Crippen LogP contribution is -2.42. The molecule has 1 rings (SSSR count). The smallest absolute Gasteiger partial charge is 0.227 e. The molecule has 1 amide bonds. The van der Waals surface area contributed by atoms with E-state index in [-0.39, 0.29) is 18.3 Å². The summed E-state index contributed by atoms with van der Waals surface area (Å²) in [5.41, 5.74) is 5.02. The van der Waals surface area contributed by atoms with Gasteiger partial charge in [-0.05, 0) is 32.6 Å². The Hall–Kier alpha value is -0.320. The van der Waals surface area contributed by atoms with Crippen LogP contribution in [0.1, 0.15) is 26.7 Å². The molecule has 0 aromatic rings. The van der Waals surface area contributed by atoms with E-state index in [1.54, 1.807) is 0 Å². The molecule has 1 aliphatic rings. The van der Waals surface area contributed by atoms with Crippen LogP contribution < -0.4 is 11.1 Å². The maximum atomic E-state index is 11.6. The molecule has 0 unspecified atom stereocenters. The van der Waals surface area contributed by atoms with E-state index in [1.807, 2.05) is 13.8 Å². The zero-order chi connectivity index (χ0) is 11.3. The fourth-order valence-corrected chi connectivity index (χ4v) is 1.10. The van der Waals surface area contributed by atoms with Crippen LogP contribution in [0.5, 0.6) is 0 Å². The molecule has 0 spiro atoms. The minimum absolute atomic E-state index is 0. The topological polar surface area (TPSA) is 64.4 Å². The van der Waals surface area contributed by atoms with Crippen LogP contribution in [0, 0.1) is 11.3 Å². The van der Waals surface area contributed by atoms with E-state index in [2.05, 4.69) is 5.32 Å². The number of amides is 1. The lowest BCUT2D eigenvalue weighted by molar-refractivity contribution is -0.129. The van der Waals surface area contributed by atoms with Crippen LogP contribution in [0.3, 0.4) is 0 Å². The lowest BCUT2D eigenvalue weighted by Gasteiger charge is -2.21. The van der Waals surface area contributed by atoms with Crippen LogP contribution in [0.2, 0.25) is 0 Å². The monoisotopic (exact) mass is 250 g/mol. The summed E-state index contributed by atoms with van der Waals surface area (Å²) in [6, 6.07) is 0. The molecule has 5 heteroatoms. The van der Waals surface area contributed by atoms with Gasteiger partial charge >= 0.3 is 0 Å². The van der Waals surface area contributed by atoms with Crippen molar-refractivity contribution in [1.29, 1.82) is 0 Å². The predicted octanol–water partition coefficient (Wildman–Crippen LogP) is 0.936. The molecular weight excluding hydrogens is 228 g/mol. The fraction of sp³-hybridized carbons (Fsp3) is 0.909. The SMILES string of the molecule is CC(C)(CN)C(=O)NCCOCC1CC1.Cl. The van der Waals surface area contributed by atoms with E-state index in [9.17, 15) is 4.79 Å². The Kier molecular flexibility index (Phi) is 6.95. The van der Waals surface area contributed by atoms with Crippen molar-refractivity contribution < 1.29 is 9.53 Å². The third-order valence-corrected chi connectivity index (χ3v) is 2.71. The number of ether oxygens (including phenoxy) is 1. The van der Waals surface area contributed by atoms with Crippen LogP contribution in [0.15, 0.2) is 0 Å². The highest BCUT2D eigenvalue weighted by atomic mass is 35.5. The molecule has 1 fully saturated rings. The van der Waals surface area contributed by atoms with E-state index in [0.29, 0.717) is 19.7 Å². The lowest BCUT2D eigenvalue weighted by atomic mass is 9.93. The Labute approximate surface area is 104 Å². The third-order valence-electron chi connectivity index (χ3n) is 2.71. The molecule has 0 saturated heterocycles. The van der Waals surface area contributed by atoms with Crippen LogP contribution in [0.25, 0.3) is 0 Å². The maximum absolute atomic E-state index is 11.6. The molecule has 0 atom stereocenters. The summed E-state index contributed by atoms with van der Waals surface area (Å²) in [6.07, 6.45) is 2.60. The number of carbonyl (C=O) groups excluding carboxylic acids is 1. The third kappa shape index (κ3) is 5.68. The second kappa shape index (κ2) is 7.09. The molecule has 1 saturated carbocycles. The largest absolute Gasteiger partial charge is 0.379 e. The summed E-state index contributed by atoms with van der Waals surface area (Å²) < 4.78 is 5.41. The van der Waals surface area contributed by atoms with Crippen molar-refractivity contribution in [3.63, 3.8) is 0 Å². The van der Waals surface area contributed by atoms with Crippen LogP contribution in [-0.4, -0.2) is 32.2 Å². The summed E-state index contributed by atoms with van der Waals surface area (Å²) in [4.78, 5) is 11.6. The first-order valence-electron chi connectivity index (χ1n) is 5.62. The summed E-state index contributed by atoms with van der Waals surface area (Å²) in [7, 11) is 0. The highest BCUT2D eigenvalue weighted by molar-refractivity contribution is 5.85. The van der Waals surface area contributed by atoms with Gasteiger partial charge in [0.05, 0.1) is 12.0 Å². The molecule has 16 heavy (non-hydrogen) atoms. The van der Waals surface area contributed by atoms with Crippen molar-refractivity contribution in [2.45, 2.75) is 26.7 Å². The quantitative estimate of drug-likeness (QED) is 0.661. The van der Waals surface area contributed by atoms with Gasteiger partial charge in [-0.25, -0.2) is 0 Å². The van der Waals surface area contributed by atoms with Gasteiger partial charge in [0.25, 0.3) is 0 Å². The average Bonchev–Trinajstić information content (AvgIpc) is 3.00. The van der Waals surface area contributed by atoms with Gasteiger partial charge < -0.3 is 15.8 Å². The van der Waals surface area contributed by atoms with Gasteiger partial charge in [0.1, 0.15) is 0 Å². The average molecular weight is 251 g/mol. The Morgan fingerprint density at radius 2 is 2.12 bits per heavy atom. The van der Waals surface area contributed by atoms with E-state index >= 15 is 0 Å². The second-order valence-electron chi connectivity index (χ2n) is 4.86. The first-order valence-corrected chi connectivity index (χ1v) is 5.62. The Morgan fingerprint density at radius 3 is 2.62 bits per heavy atom. The Balaban J connectivity index is 0.00000225. The molecule has 0 aliphatic heterocycles. The van der Waals surface area contributed by atoms with E-state index in [0.717, 1.165) is 12.5 Å². The normalized spacial score (nSPS) is 15.4. The molecule has 0 bridgehead atoms. The van der Waals surface area contributed by atoms with Gasteiger partial charge in [-0.1, -0.05) is 0 Å². The van der Waals surface area contributed by atoms with Gasteiger partial charge in [0.2, 0.25) is 5.91 Å². The maximum Gasteiger partial charge on any atom is 0.227 e. The summed E-state index contributed by atoms with van der Waals surface area (Å²) >= 11 is 0. The van der Waals surface area contributed by atoms with Crippen LogP contribution in [0.4, 0.5) is 0 Å². The number of rotatable bonds is 7. The van der Waals surface area contributed by atoms with Crippen molar-refractivity contribution in [2.24, 2.45) is 17.1 Å². The summed E-state index contributed by atoms with van der Waals surface area (Å²) in [5.74, 6) is 0.779. The Bertz CT molecular complexity index is 218. The van der Waals surface area contributed by atoms with E-state index in [4.69, 9.17) is 10.5 Å². The summed E-state index contributed by atoms with van der Waals surface area (Å²) in [5, 5.41) is 2.82. The highest BCUT2D eigenvalue weighted by Crippen LogP contribution is 2.28. The van der Waals surface area contributed by atoms with Gasteiger partial charge in [-0.2, -0.15) is 0 Å². The molecule has 0 heterocycles. The van der Waals surface area contributed by atoms with Crippen LogP contribution >= 0.6 is 12.4 Å². The van der Waals surface area contributed by atoms with Crippen molar-refractivity contribution in [3.05, 3.63) is 0 Å². The first kappa shape index (κ1) is 15.7. The van der Waals surface area contributed by atoms with E-state index in [1.165, 1.54) is 12.8 Å². The van der Waals surface area contributed by atoms with Gasteiger partial charge in [-0.15, -0.1) is 12.4 Å². The minimum Gasteiger partial charge on any atom is -0.379 e. The standard InChI is InChI=1S/C11H22N2O2.ClH/c1-11(2,8-12)10(14)13-5-6-15-7-9-3-4-9;/h9H,3-8,12H2,1-2H3,(H,13,14);1H.